The topological polar surface area (TPSA) is 57.2 Å². The molecule has 2 N–H and O–H groups in total. The molecule has 1 heterocycles. The van der Waals surface area contributed by atoms with Gasteiger partial charge in [0.05, 0.1) is 5.69 Å². The van der Waals surface area contributed by atoms with E-state index in [-0.39, 0.29) is 6.61 Å². The average Bonchev–Trinajstić information content (AvgIpc) is 2.67. The number of esters is 1. The number of carbonyl (C=O) groups excluding carboxylic acids is 1. The van der Waals surface area contributed by atoms with Gasteiger partial charge in [-0.1, -0.05) is 23.7 Å². The number of nitrogens with two attached hydrogens (primary N) is 1. The van der Waals surface area contributed by atoms with Gasteiger partial charge in [0.1, 0.15) is 12.3 Å². The van der Waals surface area contributed by atoms with Crippen molar-refractivity contribution in [3.05, 3.63) is 52.8 Å². The Balaban J connectivity index is 2.00. The summed E-state index contributed by atoms with van der Waals surface area (Å²) in [5, 5.41) is 0.653. The van der Waals surface area contributed by atoms with Crippen LogP contribution in [0.2, 0.25) is 5.02 Å². The first kappa shape index (κ1) is 12.5. The second-order valence-corrected chi connectivity index (χ2v) is 4.41. The van der Waals surface area contributed by atoms with Crippen molar-refractivity contribution in [2.24, 2.45) is 7.05 Å². The molecule has 18 heavy (non-hydrogen) atoms. The van der Waals surface area contributed by atoms with E-state index in [1.165, 1.54) is 0 Å². The van der Waals surface area contributed by atoms with Crippen molar-refractivity contribution < 1.29 is 9.53 Å². The second kappa shape index (κ2) is 5.14. The predicted molar refractivity (Wildman–Crippen MR) is 70.4 cm³/mol. The number of ether oxygens (including phenoxy) is 1. The van der Waals surface area contributed by atoms with Crippen molar-refractivity contribution in [3.8, 4) is 0 Å². The fourth-order valence-electron chi connectivity index (χ4n) is 1.60. The summed E-state index contributed by atoms with van der Waals surface area (Å²) >= 11 is 5.77. The molecule has 0 aliphatic heterocycles. The number of hydrogen-bond acceptors (Lipinski definition) is 3. The van der Waals surface area contributed by atoms with Crippen LogP contribution < -0.4 is 5.73 Å². The highest BCUT2D eigenvalue weighted by atomic mass is 35.5. The molecular weight excluding hydrogens is 252 g/mol. The van der Waals surface area contributed by atoms with Gasteiger partial charge in [0, 0.05) is 18.3 Å². The predicted octanol–water partition coefficient (Wildman–Crippen LogP) is 2.62. The van der Waals surface area contributed by atoms with Gasteiger partial charge < -0.3 is 15.0 Å². The highest BCUT2D eigenvalue weighted by molar-refractivity contribution is 6.30. The van der Waals surface area contributed by atoms with Gasteiger partial charge in [-0.25, -0.2) is 4.79 Å². The minimum Gasteiger partial charge on any atom is -0.456 e. The van der Waals surface area contributed by atoms with Crippen LogP contribution in [0.1, 0.15) is 16.1 Å². The van der Waals surface area contributed by atoms with Gasteiger partial charge in [-0.15, -0.1) is 0 Å². The number of aryl methyl sites for hydroxylation is 1. The first-order valence-electron chi connectivity index (χ1n) is 5.39. The molecule has 0 fully saturated rings. The molecule has 0 amide bonds. The molecule has 0 aliphatic rings. The average molecular weight is 265 g/mol. The maximum Gasteiger partial charge on any atom is 0.355 e. The van der Waals surface area contributed by atoms with Gasteiger partial charge in [0.2, 0.25) is 0 Å². The summed E-state index contributed by atoms with van der Waals surface area (Å²) < 4.78 is 6.83. The molecule has 5 heteroatoms. The van der Waals surface area contributed by atoms with Gasteiger partial charge in [-0.3, -0.25) is 0 Å². The van der Waals surface area contributed by atoms with E-state index in [0.29, 0.717) is 16.4 Å². The lowest BCUT2D eigenvalue weighted by atomic mass is 10.2. The van der Waals surface area contributed by atoms with Crippen LogP contribution in [-0.2, 0) is 18.4 Å². The summed E-state index contributed by atoms with van der Waals surface area (Å²) in [7, 11) is 1.75. The minimum absolute atomic E-state index is 0.209. The van der Waals surface area contributed by atoms with Crippen LogP contribution in [0, 0.1) is 0 Å². The smallest absolute Gasteiger partial charge is 0.355 e. The zero-order chi connectivity index (χ0) is 13.1. The lowest BCUT2D eigenvalue weighted by Gasteiger charge is -2.05. The van der Waals surface area contributed by atoms with E-state index in [0.717, 1.165) is 5.56 Å². The van der Waals surface area contributed by atoms with Crippen molar-refractivity contribution in [2.45, 2.75) is 6.61 Å². The molecule has 0 saturated heterocycles. The number of rotatable bonds is 3. The molecule has 2 rings (SSSR count). The van der Waals surface area contributed by atoms with Crippen LogP contribution in [0.3, 0.4) is 0 Å². The molecule has 0 aliphatic carbocycles. The zero-order valence-electron chi connectivity index (χ0n) is 9.89. The molecule has 0 spiro atoms. The highest BCUT2D eigenvalue weighted by Crippen LogP contribution is 2.13. The van der Waals surface area contributed by atoms with Crippen molar-refractivity contribution in [3.63, 3.8) is 0 Å². The van der Waals surface area contributed by atoms with E-state index in [9.17, 15) is 4.79 Å². The van der Waals surface area contributed by atoms with Crippen molar-refractivity contribution >= 4 is 23.3 Å². The third-order valence-corrected chi connectivity index (χ3v) is 2.77. The first-order valence-corrected chi connectivity index (χ1v) is 5.77. The Labute approximate surface area is 110 Å². The first-order chi connectivity index (χ1) is 8.56. The molecule has 1 aromatic carbocycles. The van der Waals surface area contributed by atoms with Crippen LogP contribution in [0.15, 0.2) is 36.5 Å². The number of anilines is 1. The molecule has 4 nitrogen and oxygen atoms in total. The Bertz CT molecular complexity index is 561. The van der Waals surface area contributed by atoms with Crippen molar-refractivity contribution in [2.75, 3.05) is 5.73 Å². The summed E-state index contributed by atoms with van der Waals surface area (Å²) in [6.45, 7) is 0.209. The summed E-state index contributed by atoms with van der Waals surface area (Å²) in [4.78, 5) is 11.8. The third kappa shape index (κ3) is 2.84. The second-order valence-electron chi connectivity index (χ2n) is 3.97. The van der Waals surface area contributed by atoms with E-state index >= 15 is 0 Å². The SMILES string of the molecule is Cn1cc(N)cc1C(=O)OCc1ccc(Cl)cc1. The normalized spacial score (nSPS) is 10.3. The molecule has 2 aromatic rings. The van der Waals surface area contributed by atoms with Gasteiger partial charge in [-0.2, -0.15) is 0 Å². The van der Waals surface area contributed by atoms with Crippen molar-refractivity contribution in [1.82, 2.24) is 4.57 Å². The molecule has 0 bridgehead atoms. The number of carbonyl (C=O) groups is 1. The van der Waals surface area contributed by atoms with Gasteiger partial charge in [-0.05, 0) is 23.8 Å². The molecule has 0 saturated carbocycles. The maximum atomic E-state index is 11.8. The Kier molecular flexibility index (Phi) is 3.58. The Morgan fingerprint density at radius 1 is 1.39 bits per heavy atom. The number of aromatic nitrogens is 1. The number of benzene rings is 1. The molecule has 1 aromatic heterocycles. The maximum absolute atomic E-state index is 11.8. The van der Waals surface area contributed by atoms with Gasteiger partial charge in [0.15, 0.2) is 0 Å². The van der Waals surface area contributed by atoms with Crippen molar-refractivity contribution in [1.29, 1.82) is 0 Å². The monoisotopic (exact) mass is 264 g/mol. The summed E-state index contributed by atoms with van der Waals surface area (Å²) in [6.07, 6.45) is 1.67. The van der Waals surface area contributed by atoms with E-state index in [4.69, 9.17) is 22.1 Å². The van der Waals surface area contributed by atoms with E-state index in [1.54, 1.807) is 36.0 Å². The van der Waals surface area contributed by atoms with Crippen LogP contribution >= 0.6 is 11.6 Å². The molecular formula is C13H13ClN2O2. The summed E-state index contributed by atoms with van der Waals surface area (Å²) in [5.41, 5.74) is 7.45. The molecule has 0 unspecified atom stereocenters. The van der Waals surface area contributed by atoms with Crippen LogP contribution in [-0.4, -0.2) is 10.5 Å². The number of nitrogens with zero attached hydrogens (tertiary/aromatic N) is 1. The van der Waals surface area contributed by atoms with E-state index in [1.807, 2.05) is 12.1 Å². The molecule has 94 valence electrons. The summed E-state index contributed by atoms with van der Waals surface area (Å²) in [5.74, 6) is -0.399. The van der Waals surface area contributed by atoms with Crippen LogP contribution in [0.5, 0.6) is 0 Å². The molecule has 0 radical (unpaired) electrons. The van der Waals surface area contributed by atoms with Gasteiger partial charge in [0.25, 0.3) is 0 Å². The fourth-order valence-corrected chi connectivity index (χ4v) is 1.72. The third-order valence-electron chi connectivity index (χ3n) is 2.52. The number of hydrogen-bond donors (Lipinski definition) is 1. The minimum atomic E-state index is -0.399. The highest BCUT2D eigenvalue weighted by Gasteiger charge is 2.12. The fraction of sp³-hybridized carbons (Fsp3) is 0.154. The largest absolute Gasteiger partial charge is 0.456 e. The number of nitrogen functional groups attached to an aromatic ring is 1. The van der Waals surface area contributed by atoms with E-state index in [2.05, 4.69) is 0 Å². The quantitative estimate of drug-likeness (QED) is 0.867. The Morgan fingerprint density at radius 2 is 2.06 bits per heavy atom. The zero-order valence-corrected chi connectivity index (χ0v) is 10.6. The van der Waals surface area contributed by atoms with Gasteiger partial charge >= 0.3 is 5.97 Å². The van der Waals surface area contributed by atoms with Crippen LogP contribution in [0.25, 0.3) is 0 Å². The lowest BCUT2D eigenvalue weighted by molar-refractivity contribution is 0.0461. The van der Waals surface area contributed by atoms with E-state index < -0.39 is 5.97 Å². The van der Waals surface area contributed by atoms with Crippen LogP contribution in [0.4, 0.5) is 5.69 Å². The number of halogens is 1. The molecule has 0 atom stereocenters. The summed E-state index contributed by atoms with van der Waals surface area (Å²) in [6, 6.07) is 8.73. The lowest BCUT2D eigenvalue weighted by Crippen LogP contribution is -2.09. The Morgan fingerprint density at radius 3 is 2.61 bits per heavy atom. The Hall–Kier alpha value is -1.94. The standard InChI is InChI=1S/C13H13ClN2O2/c1-16-7-11(15)6-12(16)13(17)18-8-9-2-4-10(14)5-3-9/h2-7H,8,15H2,1H3.